The van der Waals surface area contributed by atoms with Crippen LogP contribution >= 0.6 is 0 Å². The summed E-state index contributed by atoms with van der Waals surface area (Å²) in [6.07, 6.45) is -0.819. The predicted octanol–water partition coefficient (Wildman–Crippen LogP) is -0.745. The Morgan fingerprint density at radius 2 is 2.29 bits per heavy atom. The Bertz CT molecular complexity index is 58.7. The molecular formula is C4H9FN2. The quantitative estimate of drug-likeness (QED) is 0.424. The van der Waals surface area contributed by atoms with Crippen molar-refractivity contribution < 1.29 is 4.39 Å². The molecule has 1 fully saturated rings. The predicted molar refractivity (Wildman–Crippen MR) is 25.7 cm³/mol. The van der Waals surface area contributed by atoms with Gasteiger partial charge in [-0.05, 0) is 0 Å². The fourth-order valence-corrected chi connectivity index (χ4v) is 0.667. The lowest BCUT2D eigenvalue weighted by Crippen LogP contribution is -2.29. The lowest BCUT2D eigenvalue weighted by Gasteiger charge is -1.99. The minimum atomic E-state index is -0.819. The monoisotopic (exact) mass is 104 g/mol. The van der Waals surface area contributed by atoms with Crippen LogP contribution in [0.1, 0.15) is 0 Å². The van der Waals surface area contributed by atoms with Gasteiger partial charge in [0.15, 0.2) is 0 Å². The van der Waals surface area contributed by atoms with Gasteiger partial charge in [0.1, 0.15) is 6.17 Å². The number of nitrogens with one attached hydrogen (secondary N) is 1. The van der Waals surface area contributed by atoms with Gasteiger partial charge in [-0.15, -0.1) is 0 Å². The van der Waals surface area contributed by atoms with Crippen LogP contribution in [0.4, 0.5) is 4.39 Å². The van der Waals surface area contributed by atoms with Crippen molar-refractivity contribution in [3.63, 3.8) is 0 Å². The van der Waals surface area contributed by atoms with Crippen molar-refractivity contribution in [2.45, 2.75) is 12.2 Å². The summed E-state index contributed by atoms with van der Waals surface area (Å²) in [6.45, 7) is 1.06. The lowest BCUT2D eigenvalue weighted by atomic mass is 10.3. The summed E-state index contributed by atoms with van der Waals surface area (Å²) in [5.74, 6) is 0. The van der Waals surface area contributed by atoms with E-state index in [1.807, 2.05) is 0 Å². The van der Waals surface area contributed by atoms with Crippen molar-refractivity contribution in [3.8, 4) is 0 Å². The first-order valence-electron chi connectivity index (χ1n) is 2.41. The number of alkyl halides is 1. The Morgan fingerprint density at radius 3 is 2.43 bits per heavy atom. The summed E-state index contributed by atoms with van der Waals surface area (Å²) in [4.78, 5) is 0. The summed E-state index contributed by atoms with van der Waals surface area (Å²) in [7, 11) is 0. The van der Waals surface area contributed by atoms with Crippen LogP contribution in [-0.2, 0) is 0 Å². The van der Waals surface area contributed by atoms with E-state index in [2.05, 4.69) is 5.32 Å². The van der Waals surface area contributed by atoms with Crippen LogP contribution in [0.5, 0.6) is 0 Å². The zero-order valence-corrected chi connectivity index (χ0v) is 4.02. The fourth-order valence-electron chi connectivity index (χ4n) is 0.667. The summed E-state index contributed by atoms with van der Waals surface area (Å²) in [6, 6.07) is -0.264. The maximum atomic E-state index is 12.1. The van der Waals surface area contributed by atoms with Crippen LogP contribution < -0.4 is 11.1 Å². The normalized spacial score (nSPS) is 42.0. The highest BCUT2D eigenvalue weighted by Gasteiger charge is 2.21. The van der Waals surface area contributed by atoms with E-state index in [0.717, 1.165) is 0 Å². The molecule has 42 valence electrons. The highest BCUT2D eigenvalue weighted by Crippen LogP contribution is 1.99. The van der Waals surface area contributed by atoms with Crippen molar-refractivity contribution in [2.75, 3.05) is 13.1 Å². The zero-order valence-electron chi connectivity index (χ0n) is 4.02. The summed E-state index contributed by atoms with van der Waals surface area (Å²) in [5, 5.41) is 2.82. The van der Waals surface area contributed by atoms with E-state index < -0.39 is 6.17 Å². The second kappa shape index (κ2) is 1.76. The first-order valence-corrected chi connectivity index (χ1v) is 2.41. The highest BCUT2D eigenvalue weighted by atomic mass is 19.1. The molecule has 1 saturated heterocycles. The van der Waals surface area contributed by atoms with Gasteiger partial charge in [0.2, 0.25) is 0 Å². The molecular weight excluding hydrogens is 95.1 g/mol. The smallest absolute Gasteiger partial charge is 0.129 e. The molecule has 0 aromatic carbocycles. The van der Waals surface area contributed by atoms with Gasteiger partial charge in [-0.25, -0.2) is 4.39 Å². The first-order chi connectivity index (χ1) is 3.30. The third-order valence-corrected chi connectivity index (χ3v) is 1.18. The Hall–Kier alpha value is -0.150. The van der Waals surface area contributed by atoms with Gasteiger partial charge in [-0.1, -0.05) is 0 Å². The molecule has 1 heterocycles. The van der Waals surface area contributed by atoms with Gasteiger partial charge in [-0.2, -0.15) is 0 Å². The largest absolute Gasteiger partial charge is 0.324 e. The molecule has 0 aliphatic carbocycles. The van der Waals surface area contributed by atoms with Crippen LogP contribution in [0, 0.1) is 0 Å². The van der Waals surface area contributed by atoms with E-state index in [1.165, 1.54) is 0 Å². The third kappa shape index (κ3) is 0.894. The average molecular weight is 104 g/mol. The molecule has 0 aromatic rings. The molecule has 1 aliphatic rings. The molecule has 3 N–H and O–H groups in total. The van der Waals surface area contributed by atoms with E-state index in [1.54, 1.807) is 0 Å². The number of hydrogen-bond donors (Lipinski definition) is 2. The number of rotatable bonds is 0. The van der Waals surface area contributed by atoms with Crippen molar-refractivity contribution in [2.24, 2.45) is 5.73 Å². The van der Waals surface area contributed by atoms with Gasteiger partial charge in [0.05, 0.1) is 0 Å². The molecule has 7 heavy (non-hydrogen) atoms. The van der Waals surface area contributed by atoms with E-state index in [-0.39, 0.29) is 6.04 Å². The minimum absolute atomic E-state index is 0.264. The molecule has 0 bridgehead atoms. The number of nitrogens with two attached hydrogens (primary N) is 1. The van der Waals surface area contributed by atoms with Crippen molar-refractivity contribution >= 4 is 0 Å². The first kappa shape index (κ1) is 5.00. The van der Waals surface area contributed by atoms with Gasteiger partial charge >= 0.3 is 0 Å². The molecule has 1 aliphatic heterocycles. The van der Waals surface area contributed by atoms with Crippen LogP contribution in [0.15, 0.2) is 0 Å². The minimum Gasteiger partial charge on any atom is -0.324 e. The highest BCUT2D eigenvalue weighted by molar-refractivity contribution is 4.83. The van der Waals surface area contributed by atoms with Crippen LogP contribution in [0.3, 0.4) is 0 Å². The van der Waals surface area contributed by atoms with Gasteiger partial charge < -0.3 is 11.1 Å². The van der Waals surface area contributed by atoms with E-state index >= 15 is 0 Å². The van der Waals surface area contributed by atoms with Crippen molar-refractivity contribution in [3.05, 3.63) is 0 Å². The average Bonchev–Trinajstić information content (AvgIpc) is 1.91. The van der Waals surface area contributed by atoms with E-state index in [9.17, 15) is 4.39 Å². The Morgan fingerprint density at radius 1 is 1.57 bits per heavy atom. The Labute approximate surface area is 41.9 Å². The van der Waals surface area contributed by atoms with Crippen LogP contribution in [0.2, 0.25) is 0 Å². The topological polar surface area (TPSA) is 38.0 Å². The van der Waals surface area contributed by atoms with Crippen LogP contribution in [0.25, 0.3) is 0 Å². The van der Waals surface area contributed by atoms with Crippen molar-refractivity contribution in [1.82, 2.24) is 5.32 Å². The number of halogens is 1. The molecule has 2 nitrogen and oxygen atoms in total. The van der Waals surface area contributed by atoms with Gasteiger partial charge in [-0.3, -0.25) is 0 Å². The standard InChI is InChI=1S/C4H9FN2/c5-3-1-7-2-4(3)6/h3-4,7H,1-2,6H2. The van der Waals surface area contributed by atoms with Crippen molar-refractivity contribution in [1.29, 1.82) is 0 Å². The maximum Gasteiger partial charge on any atom is 0.129 e. The molecule has 0 saturated carbocycles. The fraction of sp³-hybridized carbons (Fsp3) is 1.00. The lowest BCUT2D eigenvalue weighted by molar-refractivity contribution is 0.332. The molecule has 0 aromatic heterocycles. The molecule has 0 radical (unpaired) electrons. The van der Waals surface area contributed by atoms with Gasteiger partial charge in [0, 0.05) is 19.1 Å². The van der Waals surface area contributed by atoms with Crippen LogP contribution in [-0.4, -0.2) is 25.3 Å². The number of hydrogen-bond acceptors (Lipinski definition) is 2. The summed E-state index contributed by atoms with van der Waals surface area (Å²) < 4.78 is 12.1. The molecule has 2 atom stereocenters. The maximum absolute atomic E-state index is 12.1. The second-order valence-corrected chi connectivity index (χ2v) is 1.84. The molecule has 0 spiro atoms. The third-order valence-electron chi connectivity index (χ3n) is 1.18. The Kier molecular flexibility index (Phi) is 1.25. The zero-order chi connectivity index (χ0) is 5.28. The summed E-state index contributed by atoms with van der Waals surface area (Å²) in [5.41, 5.74) is 5.24. The Balaban J connectivity index is 2.33. The van der Waals surface area contributed by atoms with E-state index in [4.69, 9.17) is 5.73 Å². The molecule has 3 heteroatoms. The van der Waals surface area contributed by atoms with Gasteiger partial charge in [0.25, 0.3) is 0 Å². The summed E-state index contributed by atoms with van der Waals surface area (Å²) >= 11 is 0. The molecule has 0 amide bonds. The second-order valence-electron chi connectivity index (χ2n) is 1.84. The molecule has 1 rings (SSSR count). The SMILES string of the molecule is NC1CNCC1F. The molecule has 2 unspecified atom stereocenters. The van der Waals surface area contributed by atoms with E-state index in [0.29, 0.717) is 13.1 Å².